The molecule has 2 N–H and O–H groups in total. The molecule has 0 aliphatic carbocycles. The van der Waals surface area contributed by atoms with E-state index in [1.165, 1.54) is 18.4 Å². The highest BCUT2D eigenvalue weighted by molar-refractivity contribution is 7.12. The molecule has 24 heavy (non-hydrogen) atoms. The van der Waals surface area contributed by atoms with Crippen molar-refractivity contribution in [2.45, 2.75) is 19.4 Å². The number of hydrogen-bond acceptors (Lipinski definition) is 5. The Morgan fingerprint density at radius 3 is 2.67 bits per heavy atom. The Hall–Kier alpha value is -2.54. The quantitative estimate of drug-likeness (QED) is 0.765. The average molecular weight is 349 g/mol. The van der Waals surface area contributed by atoms with Gasteiger partial charge in [-0.05, 0) is 36.1 Å². The summed E-state index contributed by atoms with van der Waals surface area (Å²) in [4.78, 5) is 23.9. The van der Waals surface area contributed by atoms with Crippen LogP contribution in [0.3, 0.4) is 0 Å². The van der Waals surface area contributed by atoms with Gasteiger partial charge in [-0.15, -0.1) is 11.3 Å². The molecule has 2 rings (SSSR count). The first-order valence-electron chi connectivity index (χ1n) is 7.42. The number of carbonyl (C=O) groups is 2. The lowest BCUT2D eigenvalue weighted by Crippen LogP contribution is -2.29. The lowest BCUT2D eigenvalue weighted by atomic mass is 10.0. The maximum Gasteiger partial charge on any atom is 0.305 e. The summed E-state index contributed by atoms with van der Waals surface area (Å²) in [5, 5.41) is 13.7. The third kappa shape index (κ3) is 4.48. The van der Waals surface area contributed by atoms with Crippen molar-refractivity contribution in [3.8, 4) is 11.5 Å². The van der Waals surface area contributed by atoms with Gasteiger partial charge < -0.3 is 19.9 Å². The van der Waals surface area contributed by atoms with Crippen LogP contribution < -0.4 is 14.8 Å². The maximum absolute atomic E-state index is 12.2. The van der Waals surface area contributed by atoms with Gasteiger partial charge in [-0.3, -0.25) is 9.59 Å². The summed E-state index contributed by atoms with van der Waals surface area (Å²) in [5.74, 6) is -0.235. The molecule has 1 aromatic heterocycles. The number of thiophene rings is 1. The number of nitrogens with one attached hydrogen (secondary N) is 1. The largest absolute Gasteiger partial charge is 0.493 e. The Morgan fingerprint density at radius 2 is 2.08 bits per heavy atom. The Labute approximate surface area is 144 Å². The summed E-state index contributed by atoms with van der Waals surface area (Å²) in [6, 6.07) is 7.93. The van der Waals surface area contributed by atoms with Gasteiger partial charge in [0.05, 0.1) is 31.1 Å². The van der Waals surface area contributed by atoms with Gasteiger partial charge in [-0.25, -0.2) is 0 Å². The van der Waals surface area contributed by atoms with E-state index in [-0.39, 0.29) is 12.3 Å². The van der Waals surface area contributed by atoms with Crippen LogP contribution in [0.25, 0.3) is 0 Å². The zero-order chi connectivity index (χ0) is 17.5. The first kappa shape index (κ1) is 17.8. The molecule has 1 amide bonds. The van der Waals surface area contributed by atoms with E-state index in [1.807, 2.05) is 6.92 Å². The molecule has 0 spiro atoms. The van der Waals surface area contributed by atoms with E-state index in [4.69, 9.17) is 14.6 Å². The minimum atomic E-state index is -1.00. The Balaban J connectivity index is 2.26. The van der Waals surface area contributed by atoms with Crippen molar-refractivity contribution in [3.63, 3.8) is 0 Å². The third-order valence-corrected chi connectivity index (χ3v) is 4.19. The van der Waals surface area contributed by atoms with Crippen LogP contribution in [0, 0.1) is 0 Å². The summed E-state index contributed by atoms with van der Waals surface area (Å²) in [6.45, 7) is 2.35. The number of amides is 1. The monoisotopic (exact) mass is 349 g/mol. The van der Waals surface area contributed by atoms with Crippen LogP contribution in [-0.4, -0.2) is 30.7 Å². The average Bonchev–Trinajstić information content (AvgIpc) is 3.09. The molecule has 6 nitrogen and oxygen atoms in total. The molecular formula is C17H19NO5S. The second-order valence-corrected chi connectivity index (χ2v) is 5.89. The van der Waals surface area contributed by atoms with E-state index >= 15 is 0 Å². The molecule has 0 aliphatic rings. The molecular weight excluding hydrogens is 330 g/mol. The van der Waals surface area contributed by atoms with Gasteiger partial charge in [0.2, 0.25) is 0 Å². The number of benzene rings is 1. The number of carboxylic acids is 1. The summed E-state index contributed by atoms with van der Waals surface area (Å²) < 4.78 is 10.7. The number of methoxy groups -OCH3 is 1. The van der Waals surface area contributed by atoms with Gasteiger partial charge in [0.25, 0.3) is 5.91 Å². The van der Waals surface area contributed by atoms with Crippen LogP contribution in [0.2, 0.25) is 0 Å². The van der Waals surface area contributed by atoms with Crippen molar-refractivity contribution < 1.29 is 24.2 Å². The van der Waals surface area contributed by atoms with Gasteiger partial charge in [0.1, 0.15) is 0 Å². The standard InChI is InChI=1S/C17H19NO5S/c1-3-23-13-7-6-11(9-14(13)22-2)12(10-16(19)20)18-17(21)15-5-4-8-24-15/h4-9,12H,3,10H2,1-2H3,(H,18,21)(H,19,20)/t12-/m1/s1. The first-order valence-corrected chi connectivity index (χ1v) is 8.30. The topological polar surface area (TPSA) is 84.9 Å². The molecule has 0 bridgehead atoms. The Morgan fingerprint density at radius 1 is 1.29 bits per heavy atom. The smallest absolute Gasteiger partial charge is 0.305 e. The van der Waals surface area contributed by atoms with Gasteiger partial charge >= 0.3 is 5.97 Å². The molecule has 0 radical (unpaired) electrons. The molecule has 0 unspecified atom stereocenters. The van der Waals surface area contributed by atoms with Crippen LogP contribution in [0.5, 0.6) is 11.5 Å². The van der Waals surface area contributed by atoms with Crippen LogP contribution in [0.1, 0.15) is 34.6 Å². The van der Waals surface area contributed by atoms with E-state index in [0.717, 1.165) is 0 Å². The molecule has 0 aliphatic heterocycles. The van der Waals surface area contributed by atoms with Crippen molar-refractivity contribution in [1.82, 2.24) is 5.32 Å². The molecule has 1 atom stereocenters. The maximum atomic E-state index is 12.2. The molecule has 2 aromatic rings. The van der Waals surface area contributed by atoms with Gasteiger partial charge in [-0.2, -0.15) is 0 Å². The normalized spacial score (nSPS) is 11.6. The van der Waals surface area contributed by atoms with Crippen molar-refractivity contribution >= 4 is 23.2 Å². The summed E-state index contributed by atoms with van der Waals surface area (Å²) in [5.41, 5.74) is 0.641. The minimum absolute atomic E-state index is 0.228. The van der Waals surface area contributed by atoms with E-state index in [9.17, 15) is 9.59 Å². The number of carbonyl (C=O) groups excluding carboxylic acids is 1. The fourth-order valence-electron chi connectivity index (χ4n) is 2.24. The van der Waals surface area contributed by atoms with Gasteiger partial charge in [0.15, 0.2) is 11.5 Å². The fraction of sp³-hybridized carbons (Fsp3) is 0.294. The van der Waals surface area contributed by atoms with E-state index in [0.29, 0.717) is 28.5 Å². The molecule has 0 fully saturated rings. The van der Waals surface area contributed by atoms with E-state index < -0.39 is 12.0 Å². The molecule has 1 aromatic carbocycles. The van der Waals surface area contributed by atoms with Crippen molar-refractivity contribution in [2.75, 3.05) is 13.7 Å². The Kier molecular flexibility index (Phi) is 6.20. The van der Waals surface area contributed by atoms with Crippen LogP contribution in [0.15, 0.2) is 35.7 Å². The summed E-state index contributed by atoms with van der Waals surface area (Å²) in [6.07, 6.45) is -0.228. The molecule has 0 saturated heterocycles. The van der Waals surface area contributed by atoms with Crippen LogP contribution in [0.4, 0.5) is 0 Å². The number of rotatable bonds is 8. The number of carboxylic acid groups (broad SMARTS) is 1. The van der Waals surface area contributed by atoms with Crippen molar-refractivity contribution in [3.05, 3.63) is 46.2 Å². The van der Waals surface area contributed by atoms with E-state index in [1.54, 1.807) is 35.7 Å². The SMILES string of the molecule is CCOc1ccc([C@@H](CC(=O)O)NC(=O)c2cccs2)cc1OC. The number of hydrogen-bond donors (Lipinski definition) is 2. The third-order valence-electron chi connectivity index (χ3n) is 3.32. The van der Waals surface area contributed by atoms with Gasteiger partial charge in [0, 0.05) is 0 Å². The highest BCUT2D eigenvalue weighted by Gasteiger charge is 2.21. The zero-order valence-electron chi connectivity index (χ0n) is 13.4. The second kappa shape index (κ2) is 8.35. The summed E-state index contributed by atoms with van der Waals surface area (Å²) in [7, 11) is 1.51. The summed E-state index contributed by atoms with van der Waals surface area (Å²) >= 11 is 1.30. The van der Waals surface area contributed by atoms with Gasteiger partial charge in [-0.1, -0.05) is 12.1 Å². The van der Waals surface area contributed by atoms with Crippen molar-refractivity contribution in [2.24, 2.45) is 0 Å². The zero-order valence-corrected chi connectivity index (χ0v) is 14.3. The fourth-order valence-corrected chi connectivity index (χ4v) is 2.87. The Bertz CT molecular complexity index is 699. The molecule has 128 valence electrons. The number of aliphatic carboxylic acids is 1. The molecule has 7 heteroatoms. The predicted molar refractivity (Wildman–Crippen MR) is 90.9 cm³/mol. The van der Waals surface area contributed by atoms with Crippen LogP contribution >= 0.6 is 11.3 Å². The van der Waals surface area contributed by atoms with E-state index in [2.05, 4.69) is 5.32 Å². The highest BCUT2D eigenvalue weighted by atomic mass is 32.1. The number of ether oxygens (including phenoxy) is 2. The lowest BCUT2D eigenvalue weighted by molar-refractivity contribution is -0.137. The highest BCUT2D eigenvalue weighted by Crippen LogP contribution is 2.31. The second-order valence-electron chi connectivity index (χ2n) is 4.94. The molecule has 0 saturated carbocycles. The first-order chi connectivity index (χ1) is 11.5. The minimum Gasteiger partial charge on any atom is -0.493 e. The lowest BCUT2D eigenvalue weighted by Gasteiger charge is -2.19. The molecule has 1 heterocycles. The van der Waals surface area contributed by atoms with Crippen molar-refractivity contribution in [1.29, 1.82) is 0 Å². The predicted octanol–water partition coefficient (Wildman–Crippen LogP) is 3.10. The van der Waals surface area contributed by atoms with Crippen LogP contribution in [-0.2, 0) is 4.79 Å².